The maximum atomic E-state index is 12.1. The van der Waals surface area contributed by atoms with Crippen molar-refractivity contribution < 1.29 is 14.3 Å². The monoisotopic (exact) mass is 313 g/mol. The lowest BCUT2D eigenvalue weighted by atomic mass is 10.0. The Labute approximate surface area is 137 Å². The molecule has 0 aliphatic carbocycles. The highest BCUT2D eigenvalue weighted by molar-refractivity contribution is 5.78. The fourth-order valence-corrected chi connectivity index (χ4v) is 2.47. The summed E-state index contributed by atoms with van der Waals surface area (Å²) in [6, 6.07) is 13.6. The van der Waals surface area contributed by atoms with Gasteiger partial charge in [0.15, 0.2) is 18.1 Å². The van der Waals surface area contributed by atoms with E-state index in [1.165, 1.54) is 0 Å². The summed E-state index contributed by atoms with van der Waals surface area (Å²) in [6.45, 7) is 5.93. The summed E-state index contributed by atoms with van der Waals surface area (Å²) in [4.78, 5) is 12.1. The second kappa shape index (κ2) is 7.68. The van der Waals surface area contributed by atoms with Gasteiger partial charge in [-0.2, -0.15) is 0 Å². The largest absolute Gasteiger partial charge is 0.493 e. The van der Waals surface area contributed by atoms with Gasteiger partial charge in [0, 0.05) is 0 Å². The number of hydrogen-bond acceptors (Lipinski definition) is 3. The van der Waals surface area contributed by atoms with Crippen LogP contribution in [-0.2, 0) is 4.79 Å². The average Bonchev–Trinajstić information content (AvgIpc) is 2.53. The van der Waals surface area contributed by atoms with Crippen LogP contribution in [-0.4, -0.2) is 19.6 Å². The standard InChI is InChI=1S/C19H23NO3/c1-13-9-10-17(18(11-13)22-4)23-12-19(21)20-15(3)16-8-6-5-7-14(16)2/h5-11,15H,12H2,1-4H3,(H,20,21)/t15-/m1/s1. The molecule has 0 bridgehead atoms. The Hall–Kier alpha value is -2.49. The average molecular weight is 313 g/mol. The molecule has 1 amide bonds. The zero-order valence-corrected chi connectivity index (χ0v) is 14.1. The highest BCUT2D eigenvalue weighted by Gasteiger charge is 2.13. The summed E-state index contributed by atoms with van der Waals surface area (Å²) in [6.07, 6.45) is 0. The van der Waals surface area contributed by atoms with Gasteiger partial charge in [0.05, 0.1) is 13.2 Å². The van der Waals surface area contributed by atoms with E-state index in [1.807, 2.05) is 63.2 Å². The topological polar surface area (TPSA) is 47.6 Å². The van der Waals surface area contributed by atoms with E-state index in [9.17, 15) is 4.79 Å². The molecular weight excluding hydrogens is 290 g/mol. The molecule has 122 valence electrons. The molecule has 1 atom stereocenters. The minimum absolute atomic E-state index is 0.0460. The van der Waals surface area contributed by atoms with Crippen molar-refractivity contribution in [2.45, 2.75) is 26.8 Å². The van der Waals surface area contributed by atoms with Gasteiger partial charge in [-0.1, -0.05) is 30.3 Å². The number of amides is 1. The number of ether oxygens (including phenoxy) is 2. The van der Waals surface area contributed by atoms with Crippen LogP contribution in [0.3, 0.4) is 0 Å². The Morgan fingerprint density at radius 2 is 1.87 bits per heavy atom. The van der Waals surface area contributed by atoms with Gasteiger partial charge < -0.3 is 14.8 Å². The number of aryl methyl sites for hydroxylation is 2. The van der Waals surface area contributed by atoms with Crippen LogP contribution in [0.1, 0.15) is 29.7 Å². The molecule has 0 heterocycles. The Kier molecular flexibility index (Phi) is 5.63. The van der Waals surface area contributed by atoms with Crippen molar-refractivity contribution in [1.82, 2.24) is 5.32 Å². The first-order valence-corrected chi connectivity index (χ1v) is 7.63. The first kappa shape index (κ1) is 16.9. The molecule has 4 nitrogen and oxygen atoms in total. The molecule has 2 aromatic carbocycles. The molecule has 2 rings (SSSR count). The second-order valence-electron chi connectivity index (χ2n) is 5.59. The van der Waals surface area contributed by atoms with E-state index in [4.69, 9.17) is 9.47 Å². The van der Waals surface area contributed by atoms with E-state index in [1.54, 1.807) is 7.11 Å². The molecule has 0 aliphatic heterocycles. The van der Waals surface area contributed by atoms with Crippen molar-refractivity contribution in [2.75, 3.05) is 13.7 Å². The number of methoxy groups -OCH3 is 1. The van der Waals surface area contributed by atoms with E-state index >= 15 is 0 Å². The Bertz CT molecular complexity index is 682. The van der Waals surface area contributed by atoms with E-state index in [2.05, 4.69) is 5.32 Å². The fourth-order valence-electron chi connectivity index (χ4n) is 2.47. The molecule has 0 fully saturated rings. The third-order valence-corrected chi connectivity index (χ3v) is 3.71. The van der Waals surface area contributed by atoms with Crippen LogP contribution < -0.4 is 14.8 Å². The molecule has 23 heavy (non-hydrogen) atoms. The van der Waals surface area contributed by atoms with Gasteiger partial charge in [-0.25, -0.2) is 0 Å². The number of carbonyl (C=O) groups excluding carboxylic acids is 1. The quantitative estimate of drug-likeness (QED) is 0.887. The maximum absolute atomic E-state index is 12.1. The van der Waals surface area contributed by atoms with E-state index < -0.39 is 0 Å². The van der Waals surface area contributed by atoms with Gasteiger partial charge >= 0.3 is 0 Å². The normalized spacial score (nSPS) is 11.7. The number of hydrogen-bond donors (Lipinski definition) is 1. The number of nitrogens with one attached hydrogen (secondary N) is 1. The molecule has 0 saturated heterocycles. The number of benzene rings is 2. The molecule has 0 unspecified atom stereocenters. The second-order valence-corrected chi connectivity index (χ2v) is 5.59. The summed E-state index contributed by atoms with van der Waals surface area (Å²) < 4.78 is 10.8. The predicted molar refractivity (Wildman–Crippen MR) is 91.0 cm³/mol. The minimum atomic E-state index is -0.164. The summed E-state index contributed by atoms with van der Waals surface area (Å²) >= 11 is 0. The van der Waals surface area contributed by atoms with Gasteiger partial charge in [-0.15, -0.1) is 0 Å². The van der Waals surface area contributed by atoms with Crippen molar-refractivity contribution >= 4 is 5.91 Å². The zero-order valence-electron chi connectivity index (χ0n) is 14.1. The highest BCUT2D eigenvalue weighted by atomic mass is 16.5. The van der Waals surface area contributed by atoms with Crippen molar-refractivity contribution in [3.8, 4) is 11.5 Å². The minimum Gasteiger partial charge on any atom is -0.493 e. The number of carbonyl (C=O) groups is 1. The number of rotatable bonds is 6. The van der Waals surface area contributed by atoms with Gasteiger partial charge in [0.1, 0.15) is 0 Å². The summed E-state index contributed by atoms with van der Waals surface area (Å²) in [5.41, 5.74) is 3.34. The van der Waals surface area contributed by atoms with Crippen LogP contribution >= 0.6 is 0 Å². The van der Waals surface area contributed by atoms with Gasteiger partial charge in [-0.3, -0.25) is 4.79 Å². The van der Waals surface area contributed by atoms with E-state index in [0.717, 1.165) is 16.7 Å². The molecule has 0 aliphatic rings. The van der Waals surface area contributed by atoms with Crippen molar-refractivity contribution in [2.24, 2.45) is 0 Å². The lowest BCUT2D eigenvalue weighted by Crippen LogP contribution is -2.31. The van der Waals surface area contributed by atoms with Crippen molar-refractivity contribution in [1.29, 1.82) is 0 Å². The first-order valence-electron chi connectivity index (χ1n) is 7.63. The van der Waals surface area contributed by atoms with Crippen LogP contribution in [0.5, 0.6) is 11.5 Å². The zero-order chi connectivity index (χ0) is 16.8. The molecule has 2 aromatic rings. The third-order valence-electron chi connectivity index (χ3n) is 3.71. The van der Waals surface area contributed by atoms with Crippen molar-refractivity contribution in [3.05, 3.63) is 59.2 Å². The van der Waals surface area contributed by atoms with Gasteiger partial charge in [-0.05, 0) is 49.6 Å². The lowest BCUT2D eigenvalue weighted by molar-refractivity contribution is -0.123. The molecular formula is C19H23NO3. The van der Waals surface area contributed by atoms with Crippen LogP contribution in [0, 0.1) is 13.8 Å². The summed E-state index contributed by atoms with van der Waals surface area (Å²) in [5, 5.41) is 2.95. The van der Waals surface area contributed by atoms with Crippen LogP contribution in [0.4, 0.5) is 0 Å². The molecule has 0 saturated carbocycles. The third kappa shape index (κ3) is 4.49. The SMILES string of the molecule is COc1cc(C)ccc1OCC(=O)N[C@H](C)c1ccccc1C. The Morgan fingerprint density at radius 3 is 2.57 bits per heavy atom. The van der Waals surface area contributed by atoms with Crippen LogP contribution in [0.2, 0.25) is 0 Å². The fraction of sp³-hybridized carbons (Fsp3) is 0.316. The van der Waals surface area contributed by atoms with E-state index in [0.29, 0.717) is 11.5 Å². The smallest absolute Gasteiger partial charge is 0.258 e. The predicted octanol–water partition coefficient (Wildman–Crippen LogP) is 3.57. The van der Waals surface area contributed by atoms with Gasteiger partial charge in [0.2, 0.25) is 0 Å². The first-order chi connectivity index (χ1) is 11.0. The molecule has 0 spiro atoms. The van der Waals surface area contributed by atoms with Crippen LogP contribution in [0.25, 0.3) is 0 Å². The Balaban J connectivity index is 1.94. The molecule has 0 radical (unpaired) electrons. The Morgan fingerprint density at radius 1 is 1.13 bits per heavy atom. The summed E-state index contributed by atoms with van der Waals surface area (Å²) in [7, 11) is 1.59. The van der Waals surface area contributed by atoms with Crippen molar-refractivity contribution in [3.63, 3.8) is 0 Å². The highest BCUT2D eigenvalue weighted by Crippen LogP contribution is 2.27. The lowest BCUT2D eigenvalue weighted by Gasteiger charge is -2.17. The summed E-state index contributed by atoms with van der Waals surface area (Å²) in [5.74, 6) is 1.03. The molecule has 1 N–H and O–H groups in total. The molecule has 4 heteroatoms. The van der Waals surface area contributed by atoms with Crippen LogP contribution in [0.15, 0.2) is 42.5 Å². The van der Waals surface area contributed by atoms with Gasteiger partial charge in [0.25, 0.3) is 5.91 Å². The molecule has 0 aromatic heterocycles. The van der Waals surface area contributed by atoms with E-state index in [-0.39, 0.29) is 18.6 Å². The maximum Gasteiger partial charge on any atom is 0.258 e.